The van der Waals surface area contributed by atoms with Gasteiger partial charge in [-0.25, -0.2) is 0 Å². The molecular weight excluding hydrogens is 238 g/mol. The van der Waals surface area contributed by atoms with E-state index in [0.717, 1.165) is 31.6 Å². The van der Waals surface area contributed by atoms with Crippen molar-refractivity contribution >= 4 is 0 Å². The van der Waals surface area contributed by atoms with Gasteiger partial charge in [0.25, 0.3) is 0 Å². The molecule has 1 heterocycles. The molecule has 1 aliphatic rings. The van der Waals surface area contributed by atoms with Crippen LogP contribution in [0.4, 0.5) is 0 Å². The molecule has 1 aliphatic heterocycles. The van der Waals surface area contributed by atoms with E-state index < -0.39 is 0 Å². The molecule has 1 saturated heterocycles. The average Bonchev–Trinajstić information content (AvgIpc) is 2.47. The molecule has 2 atom stereocenters. The van der Waals surface area contributed by atoms with Gasteiger partial charge in [-0.1, -0.05) is 12.1 Å². The van der Waals surface area contributed by atoms with Gasteiger partial charge in [-0.05, 0) is 56.2 Å². The summed E-state index contributed by atoms with van der Waals surface area (Å²) < 4.78 is 10.9. The smallest absolute Gasteiger partial charge is 0.118 e. The lowest BCUT2D eigenvalue weighted by molar-refractivity contribution is 0.00704. The molecule has 0 radical (unpaired) electrons. The summed E-state index contributed by atoms with van der Waals surface area (Å²) in [6, 6.07) is 8.48. The first-order valence-electron chi connectivity index (χ1n) is 7.28. The largest absolute Gasteiger partial charge is 0.497 e. The molecular formula is C16H25NO2. The molecule has 0 saturated carbocycles. The number of benzene rings is 1. The predicted octanol–water partition coefficient (Wildman–Crippen LogP) is 2.91. The number of ether oxygens (including phenoxy) is 2. The molecule has 1 aromatic rings. The fourth-order valence-corrected chi connectivity index (χ4v) is 2.59. The minimum atomic E-state index is 0.241. The maximum absolute atomic E-state index is 6.20. The Bertz CT molecular complexity index is 358. The van der Waals surface area contributed by atoms with Gasteiger partial charge in [0.2, 0.25) is 0 Å². The van der Waals surface area contributed by atoms with Crippen molar-refractivity contribution in [3.05, 3.63) is 29.8 Å². The molecule has 1 aromatic carbocycles. The topological polar surface area (TPSA) is 44.5 Å². The minimum absolute atomic E-state index is 0.241. The van der Waals surface area contributed by atoms with Crippen LogP contribution in [0.5, 0.6) is 5.75 Å². The molecule has 2 rings (SSSR count). The van der Waals surface area contributed by atoms with Gasteiger partial charge in [0.1, 0.15) is 5.75 Å². The van der Waals surface area contributed by atoms with Gasteiger partial charge in [0.05, 0.1) is 13.2 Å². The molecule has 3 heteroatoms. The molecule has 3 nitrogen and oxygen atoms in total. The van der Waals surface area contributed by atoms with Crippen LogP contribution in [0.2, 0.25) is 0 Å². The molecule has 2 N–H and O–H groups in total. The van der Waals surface area contributed by atoms with Crippen molar-refractivity contribution in [2.75, 3.05) is 13.7 Å². The van der Waals surface area contributed by atoms with Crippen LogP contribution in [0.3, 0.4) is 0 Å². The van der Waals surface area contributed by atoms with Crippen molar-refractivity contribution in [2.45, 2.75) is 50.7 Å². The molecule has 0 aliphatic carbocycles. The summed E-state index contributed by atoms with van der Waals surface area (Å²) in [5, 5.41) is 0. The van der Waals surface area contributed by atoms with Crippen molar-refractivity contribution in [3.63, 3.8) is 0 Å². The molecule has 0 spiro atoms. The van der Waals surface area contributed by atoms with Crippen molar-refractivity contribution in [3.8, 4) is 5.75 Å². The molecule has 19 heavy (non-hydrogen) atoms. The summed E-state index contributed by atoms with van der Waals surface area (Å²) >= 11 is 0. The SMILES string of the molecule is COc1ccc(CCC(N)CC2CCCCO2)cc1. The number of nitrogens with two attached hydrogens (primary N) is 1. The molecule has 0 bridgehead atoms. The van der Waals surface area contributed by atoms with E-state index in [1.165, 1.54) is 24.8 Å². The first-order chi connectivity index (χ1) is 9.28. The third-order valence-corrected chi connectivity index (χ3v) is 3.80. The minimum Gasteiger partial charge on any atom is -0.497 e. The Labute approximate surface area is 116 Å². The molecule has 0 aromatic heterocycles. The first kappa shape index (κ1) is 14.4. The number of aryl methyl sites for hydroxylation is 1. The highest BCUT2D eigenvalue weighted by Crippen LogP contribution is 2.19. The van der Waals surface area contributed by atoms with Crippen molar-refractivity contribution in [1.82, 2.24) is 0 Å². The van der Waals surface area contributed by atoms with Gasteiger partial charge in [-0.15, -0.1) is 0 Å². The molecule has 106 valence electrons. The summed E-state index contributed by atoms with van der Waals surface area (Å²) in [7, 11) is 1.69. The summed E-state index contributed by atoms with van der Waals surface area (Å²) in [5.74, 6) is 0.906. The Kier molecular flexibility index (Phi) is 5.67. The predicted molar refractivity (Wildman–Crippen MR) is 77.5 cm³/mol. The highest BCUT2D eigenvalue weighted by Gasteiger charge is 2.17. The van der Waals surface area contributed by atoms with E-state index in [0.29, 0.717) is 6.10 Å². The number of hydrogen-bond donors (Lipinski definition) is 1. The Morgan fingerprint density at radius 3 is 2.74 bits per heavy atom. The highest BCUT2D eigenvalue weighted by molar-refractivity contribution is 5.27. The quantitative estimate of drug-likeness (QED) is 0.858. The average molecular weight is 263 g/mol. The fraction of sp³-hybridized carbons (Fsp3) is 0.625. The lowest BCUT2D eigenvalue weighted by Crippen LogP contribution is -2.30. The van der Waals surface area contributed by atoms with Crippen molar-refractivity contribution < 1.29 is 9.47 Å². The van der Waals surface area contributed by atoms with Gasteiger partial charge in [-0.3, -0.25) is 0 Å². The highest BCUT2D eigenvalue weighted by atomic mass is 16.5. The summed E-state index contributed by atoms with van der Waals surface area (Å²) in [5.41, 5.74) is 7.52. The van der Waals surface area contributed by atoms with Crippen LogP contribution < -0.4 is 10.5 Å². The number of hydrogen-bond acceptors (Lipinski definition) is 3. The van der Waals surface area contributed by atoms with Crippen LogP contribution in [0.25, 0.3) is 0 Å². The van der Waals surface area contributed by atoms with Crippen LogP contribution in [0.15, 0.2) is 24.3 Å². The van der Waals surface area contributed by atoms with E-state index >= 15 is 0 Å². The summed E-state index contributed by atoms with van der Waals surface area (Å²) in [6.07, 6.45) is 7.10. The Hall–Kier alpha value is -1.06. The van der Waals surface area contributed by atoms with E-state index in [2.05, 4.69) is 12.1 Å². The zero-order chi connectivity index (χ0) is 13.5. The summed E-state index contributed by atoms with van der Waals surface area (Å²) in [4.78, 5) is 0. The normalized spacial score (nSPS) is 21.1. The van der Waals surface area contributed by atoms with Gasteiger partial charge < -0.3 is 15.2 Å². The molecule has 2 unspecified atom stereocenters. The lowest BCUT2D eigenvalue weighted by Gasteiger charge is -2.25. The van der Waals surface area contributed by atoms with Gasteiger partial charge in [-0.2, -0.15) is 0 Å². The number of methoxy groups -OCH3 is 1. The standard InChI is InChI=1S/C16H25NO2/c1-18-15-9-6-13(7-10-15)5-8-14(17)12-16-4-2-3-11-19-16/h6-7,9-10,14,16H,2-5,8,11-12,17H2,1H3. The second-order valence-corrected chi connectivity index (χ2v) is 5.37. The van der Waals surface area contributed by atoms with Gasteiger partial charge in [0.15, 0.2) is 0 Å². The van der Waals surface area contributed by atoms with Gasteiger partial charge in [0, 0.05) is 12.6 Å². The Morgan fingerprint density at radius 1 is 1.32 bits per heavy atom. The monoisotopic (exact) mass is 263 g/mol. The van der Waals surface area contributed by atoms with E-state index in [-0.39, 0.29) is 6.04 Å². The van der Waals surface area contributed by atoms with Gasteiger partial charge >= 0.3 is 0 Å². The maximum atomic E-state index is 6.20. The van der Waals surface area contributed by atoms with Crippen molar-refractivity contribution in [1.29, 1.82) is 0 Å². The van der Waals surface area contributed by atoms with E-state index in [1.807, 2.05) is 12.1 Å². The van der Waals surface area contributed by atoms with Crippen LogP contribution in [0, 0.1) is 0 Å². The van der Waals surface area contributed by atoms with Crippen LogP contribution in [-0.2, 0) is 11.2 Å². The Morgan fingerprint density at radius 2 is 2.11 bits per heavy atom. The van der Waals surface area contributed by atoms with E-state index in [4.69, 9.17) is 15.2 Å². The Balaban J connectivity index is 1.71. The van der Waals surface area contributed by atoms with Crippen molar-refractivity contribution in [2.24, 2.45) is 5.73 Å². The second-order valence-electron chi connectivity index (χ2n) is 5.37. The van der Waals surface area contributed by atoms with E-state index in [1.54, 1.807) is 7.11 Å². The van der Waals surface area contributed by atoms with E-state index in [9.17, 15) is 0 Å². The first-order valence-corrected chi connectivity index (χ1v) is 7.28. The second kappa shape index (κ2) is 7.51. The molecule has 0 amide bonds. The summed E-state index contributed by atoms with van der Waals surface area (Å²) in [6.45, 7) is 0.913. The zero-order valence-corrected chi connectivity index (χ0v) is 11.8. The van der Waals surface area contributed by atoms with Crippen LogP contribution >= 0.6 is 0 Å². The molecule has 1 fully saturated rings. The maximum Gasteiger partial charge on any atom is 0.118 e. The van der Waals surface area contributed by atoms with Crippen LogP contribution in [0.1, 0.15) is 37.7 Å². The zero-order valence-electron chi connectivity index (χ0n) is 11.8. The third kappa shape index (κ3) is 4.84. The fourth-order valence-electron chi connectivity index (χ4n) is 2.59. The third-order valence-electron chi connectivity index (χ3n) is 3.80. The lowest BCUT2D eigenvalue weighted by atomic mass is 9.97. The number of rotatable bonds is 6. The van der Waals surface area contributed by atoms with Crippen LogP contribution in [-0.4, -0.2) is 25.9 Å².